The fourth-order valence-electron chi connectivity index (χ4n) is 1.62. The molecule has 0 atom stereocenters. The number of amides is 1. The van der Waals surface area contributed by atoms with Crippen molar-refractivity contribution in [2.75, 3.05) is 13.6 Å². The van der Waals surface area contributed by atoms with E-state index in [0.717, 1.165) is 19.3 Å². The van der Waals surface area contributed by atoms with Gasteiger partial charge in [-0.15, -0.1) is 0 Å². The molecule has 114 valence electrons. The molecular weight excluding hydrogens is 299 g/mol. The van der Waals surface area contributed by atoms with Crippen LogP contribution in [0.25, 0.3) is 0 Å². The zero-order valence-corrected chi connectivity index (χ0v) is 11.6. The normalized spacial score (nSPS) is 12.5. The Morgan fingerprint density at radius 2 is 2.00 bits per heavy atom. The first-order valence-corrected chi connectivity index (χ1v) is 7.05. The number of sulfonamides is 1. The number of carbonyl (C=O) groups excluding carboxylic acids is 1. The van der Waals surface area contributed by atoms with E-state index in [1.54, 1.807) is 6.92 Å². The molecule has 10 heteroatoms. The van der Waals surface area contributed by atoms with Gasteiger partial charge in [0.1, 0.15) is 17.1 Å². The summed E-state index contributed by atoms with van der Waals surface area (Å²) in [5.74, 6) is -0.931. The molecule has 0 aliphatic carbocycles. The largest absolute Gasteiger partial charge is 0.406 e. The first kappa shape index (κ1) is 16.5. The number of nitrogens with two attached hydrogens (primary N) is 1. The van der Waals surface area contributed by atoms with E-state index in [9.17, 15) is 26.4 Å². The lowest BCUT2D eigenvalue weighted by Gasteiger charge is -2.19. The van der Waals surface area contributed by atoms with Gasteiger partial charge in [0, 0.05) is 19.8 Å². The second-order valence-corrected chi connectivity index (χ2v) is 5.73. The van der Waals surface area contributed by atoms with Gasteiger partial charge in [-0.3, -0.25) is 4.79 Å². The fraction of sp³-hybridized carbons (Fsp3) is 0.500. The van der Waals surface area contributed by atoms with Gasteiger partial charge in [-0.1, -0.05) is 0 Å². The minimum Gasteiger partial charge on any atom is -0.342 e. The second-order valence-electron chi connectivity index (χ2n) is 4.17. The summed E-state index contributed by atoms with van der Waals surface area (Å²) in [5.41, 5.74) is -0.164. The monoisotopic (exact) mass is 313 g/mol. The van der Waals surface area contributed by atoms with Crippen LogP contribution in [-0.2, 0) is 16.6 Å². The van der Waals surface area contributed by atoms with Gasteiger partial charge in [0.2, 0.25) is 10.0 Å². The highest BCUT2D eigenvalue weighted by Gasteiger charge is 2.32. The van der Waals surface area contributed by atoms with Gasteiger partial charge < -0.3 is 9.47 Å². The molecule has 0 unspecified atom stereocenters. The predicted octanol–water partition coefficient (Wildman–Crippen LogP) is 0.790. The van der Waals surface area contributed by atoms with Crippen LogP contribution in [0.1, 0.15) is 17.4 Å². The quantitative estimate of drug-likeness (QED) is 0.891. The number of aryl methyl sites for hydroxylation is 1. The number of nitrogens with zero attached hydrogens (tertiary/aromatic N) is 2. The van der Waals surface area contributed by atoms with Crippen LogP contribution < -0.4 is 5.14 Å². The number of primary sulfonamides is 1. The average Bonchev–Trinajstić information content (AvgIpc) is 2.68. The Kier molecular flexibility index (Phi) is 4.49. The average molecular weight is 313 g/mol. The van der Waals surface area contributed by atoms with E-state index >= 15 is 0 Å². The summed E-state index contributed by atoms with van der Waals surface area (Å²) < 4.78 is 60.3. The third-order valence-corrected chi connectivity index (χ3v) is 3.40. The predicted molar refractivity (Wildman–Crippen MR) is 64.5 cm³/mol. The molecule has 0 aliphatic heterocycles. The van der Waals surface area contributed by atoms with Crippen molar-refractivity contribution in [3.8, 4) is 0 Å². The third kappa shape index (κ3) is 3.97. The van der Waals surface area contributed by atoms with Gasteiger partial charge in [-0.2, -0.15) is 13.2 Å². The molecule has 1 aromatic rings. The Morgan fingerprint density at radius 3 is 2.40 bits per heavy atom. The van der Waals surface area contributed by atoms with Crippen LogP contribution >= 0.6 is 0 Å². The molecule has 0 saturated carbocycles. The highest BCUT2D eigenvalue weighted by atomic mass is 32.2. The molecule has 6 nitrogen and oxygen atoms in total. The van der Waals surface area contributed by atoms with E-state index in [2.05, 4.69) is 0 Å². The minimum absolute atomic E-state index is 0.164. The van der Waals surface area contributed by atoms with E-state index < -0.39 is 28.7 Å². The van der Waals surface area contributed by atoms with Gasteiger partial charge in [0.15, 0.2) is 0 Å². The minimum atomic E-state index is -4.53. The summed E-state index contributed by atoms with van der Waals surface area (Å²) in [5, 5.41) is 4.93. The lowest BCUT2D eigenvalue weighted by Crippen LogP contribution is -2.36. The highest BCUT2D eigenvalue weighted by molar-refractivity contribution is 7.89. The number of alkyl halides is 3. The summed E-state index contributed by atoms with van der Waals surface area (Å²) in [6.45, 7) is 0.412. The van der Waals surface area contributed by atoms with Crippen molar-refractivity contribution in [3.05, 3.63) is 18.0 Å². The van der Waals surface area contributed by atoms with E-state index in [-0.39, 0.29) is 17.1 Å². The Hall–Kier alpha value is -1.55. The molecule has 0 saturated heterocycles. The van der Waals surface area contributed by atoms with E-state index in [0.29, 0.717) is 4.90 Å². The van der Waals surface area contributed by atoms with Crippen LogP contribution in [0.15, 0.2) is 17.2 Å². The van der Waals surface area contributed by atoms with Crippen molar-refractivity contribution in [3.63, 3.8) is 0 Å². The molecule has 0 aliphatic rings. The maximum atomic E-state index is 12.2. The molecule has 1 heterocycles. The van der Waals surface area contributed by atoms with Crippen LogP contribution in [0.4, 0.5) is 13.2 Å². The van der Waals surface area contributed by atoms with Crippen molar-refractivity contribution >= 4 is 15.9 Å². The Morgan fingerprint density at radius 1 is 1.45 bits per heavy atom. The van der Waals surface area contributed by atoms with Crippen LogP contribution in [0, 0.1) is 0 Å². The van der Waals surface area contributed by atoms with Gasteiger partial charge >= 0.3 is 6.18 Å². The molecule has 20 heavy (non-hydrogen) atoms. The second kappa shape index (κ2) is 5.44. The molecule has 1 amide bonds. The van der Waals surface area contributed by atoms with Crippen molar-refractivity contribution in [1.29, 1.82) is 0 Å². The van der Waals surface area contributed by atoms with E-state index in [4.69, 9.17) is 5.14 Å². The SMILES string of the molecule is CCn1cc(S(N)(=O)=O)cc1C(=O)N(C)CC(F)(F)F. The maximum absolute atomic E-state index is 12.2. The van der Waals surface area contributed by atoms with Crippen LogP contribution in [0.2, 0.25) is 0 Å². The summed E-state index contributed by atoms with van der Waals surface area (Å²) in [6.07, 6.45) is -3.42. The number of hydrogen-bond acceptors (Lipinski definition) is 3. The number of halogens is 3. The molecule has 0 spiro atoms. The number of aromatic nitrogens is 1. The van der Waals surface area contributed by atoms with Crippen LogP contribution in [0.5, 0.6) is 0 Å². The fourth-order valence-corrected chi connectivity index (χ4v) is 2.17. The van der Waals surface area contributed by atoms with Gasteiger partial charge in [-0.05, 0) is 13.0 Å². The lowest BCUT2D eigenvalue weighted by atomic mass is 10.3. The zero-order chi connectivity index (χ0) is 15.7. The zero-order valence-electron chi connectivity index (χ0n) is 10.8. The number of carbonyl (C=O) groups is 1. The maximum Gasteiger partial charge on any atom is 0.406 e. The van der Waals surface area contributed by atoms with E-state index in [1.165, 1.54) is 4.57 Å². The van der Waals surface area contributed by atoms with Gasteiger partial charge in [-0.25, -0.2) is 13.6 Å². The smallest absolute Gasteiger partial charge is 0.342 e. The standard InChI is InChI=1S/C10H14F3N3O3S/c1-3-16-5-7(20(14,18)19)4-8(16)9(17)15(2)6-10(11,12)13/h4-5H,3,6H2,1-2H3,(H2,14,18,19). The first-order chi connectivity index (χ1) is 8.95. The molecule has 1 aromatic heterocycles. The lowest BCUT2D eigenvalue weighted by molar-refractivity contribution is -0.138. The number of rotatable bonds is 4. The topological polar surface area (TPSA) is 85.4 Å². The third-order valence-electron chi connectivity index (χ3n) is 2.52. The summed E-state index contributed by atoms with van der Waals surface area (Å²) >= 11 is 0. The highest BCUT2D eigenvalue weighted by Crippen LogP contribution is 2.19. The molecule has 0 aromatic carbocycles. The van der Waals surface area contributed by atoms with Gasteiger partial charge in [0.05, 0.1) is 0 Å². The molecular formula is C10H14F3N3O3S. The summed E-state index contributed by atoms with van der Waals surface area (Å²) in [6, 6.07) is 0.966. The van der Waals surface area contributed by atoms with Gasteiger partial charge in [0.25, 0.3) is 5.91 Å². The summed E-state index contributed by atoms with van der Waals surface area (Å²) in [4.78, 5) is 12.1. The molecule has 2 N–H and O–H groups in total. The van der Waals surface area contributed by atoms with Crippen molar-refractivity contribution in [2.24, 2.45) is 5.14 Å². The van der Waals surface area contributed by atoms with Crippen molar-refractivity contribution < 1.29 is 26.4 Å². The molecule has 0 bridgehead atoms. The number of hydrogen-bond donors (Lipinski definition) is 1. The molecule has 0 radical (unpaired) electrons. The Bertz CT molecular complexity index is 607. The summed E-state index contributed by atoms with van der Waals surface area (Å²) in [7, 11) is -3.04. The van der Waals surface area contributed by atoms with Crippen LogP contribution in [0.3, 0.4) is 0 Å². The molecule has 1 rings (SSSR count). The first-order valence-electron chi connectivity index (χ1n) is 5.51. The van der Waals surface area contributed by atoms with Crippen molar-refractivity contribution in [1.82, 2.24) is 9.47 Å². The Balaban J connectivity index is 3.13. The van der Waals surface area contributed by atoms with E-state index in [1.807, 2.05) is 0 Å². The van der Waals surface area contributed by atoms with Crippen molar-refractivity contribution in [2.45, 2.75) is 24.5 Å². The Labute approximate surface area is 114 Å². The van der Waals surface area contributed by atoms with Crippen LogP contribution in [-0.4, -0.2) is 43.6 Å². The molecule has 0 fully saturated rings.